The number of rotatable bonds is 10. The number of hydrogen-bond donors (Lipinski definition) is 3. The van der Waals surface area contributed by atoms with Gasteiger partial charge >= 0.3 is 0 Å². The molecule has 0 bridgehead atoms. The first-order chi connectivity index (χ1) is 14.8. The summed E-state index contributed by atoms with van der Waals surface area (Å²) in [6.07, 6.45) is 2.07. The van der Waals surface area contributed by atoms with Gasteiger partial charge in [-0.1, -0.05) is 11.8 Å². The average molecular weight is 456 g/mol. The number of nitrogens with zero attached hydrogens (tertiary/aromatic N) is 3. The van der Waals surface area contributed by atoms with Gasteiger partial charge in [0.15, 0.2) is 22.6 Å². The number of halogens is 3. The van der Waals surface area contributed by atoms with E-state index in [1.165, 1.54) is 0 Å². The lowest BCUT2D eigenvalue weighted by molar-refractivity contribution is -0.122. The zero-order valence-electron chi connectivity index (χ0n) is 16.2. The highest BCUT2D eigenvalue weighted by Gasteiger charge is 2.30. The second-order valence-electron chi connectivity index (χ2n) is 6.82. The van der Waals surface area contributed by atoms with E-state index >= 15 is 0 Å². The maximum atomic E-state index is 13.6. The fraction of sp³-hybridized carbons (Fsp3) is 0.389. The van der Waals surface area contributed by atoms with Gasteiger partial charge in [-0.25, -0.2) is 13.2 Å². The minimum Gasteiger partial charge on any atom is -0.370 e. The van der Waals surface area contributed by atoms with Gasteiger partial charge in [0, 0.05) is 18.9 Å². The van der Waals surface area contributed by atoms with Crippen LogP contribution in [-0.4, -0.2) is 44.8 Å². The van der Waals surface area contributed by atoms with Crippen LogP contribution in [-0.2, 0) is 20.9 Å². The van der Waals surface area contributed by atoms with E-state index in [9.17, 15) is 27.6 Å². The Balaban J connectivity index is 1.50. The van der Waals surface area contributed by atoms with E-state index in [1.807, 2.05) is 0 Å². The predicted molar refractivity (Wildman–Crippen MR) is 104 cm³/mol. The molecule has 1 aromatic carbocycles. The second-order valence-corrected chi connectivity index (χ2v) is 7.76. The maximum absolute atomic E-state index is 13.6. The van der Waals surface area contributed by atoms with Crippen LogP contribution in [0.5, 0.6) is 0 Å². The van der Waals surface area contributed by atoms with Crippen LogP contribution in [0.2, 0.25) is 0 Å². The zero-order valence-corrected chi connectivity index (χ0v) is 17.0. The summed E-state index contributed by atoms with van der Waals surface area (Å²) >= 11 is 1.08. The van der Waals surface area contributed by atoms with E-state index < -0.39 is 47.4 Å². The van der Waals surface area contributed by atoms with Crippen LogP contribution in [0, 0.1) is 17.5 Å². The monoisotopic (exact) mass is 456 g/mol. The third-order valence-electron chi connectivity index (χ3n) is 4.36. The number of amides is 3. The Bertz CT molecular complexity index is 1010. The van der Waals surface area contributed by atoms with Gasteiger partial charge in [0.25, 0.3) is 0 Å². The Labute approximate surface area is 179 Å². The molecule has 1 heterocycles. The second kappa shape index (κ2) is 9.81. The molecule has 0 spiro atoms. The number of nitrogens with two attached hydrogens (primary N) is 1. The molecule has 0 atom stereocenters. The lowest BCUT2D eigenvalue weighted by Crippen LogP contribution is -2.34. The first-order valence-electron chi connectivity index (χ1n) is 9.30. The topological polar surface area (TPSA) is 132 Å². The molecule has 4 N–H and O–H groups in total. The summed E-state index contributed by atoms with van der Waals surface area (Å²) < 4.78 is 41.5. The third kappa shape index (κ3) is 5.96. The molecule has 1 aliphatic carbocycles. The number of hydrogen-bond acceptors (Lipinski definition) is 6. The quantitative estimate of drug-likeness (QED) is 0.365. The number of carbonyl (C=O) groups is 3. The third-order valence-corrected chi connectivity index (χ3v) is 5.32. The molecule has 0 aliphatic heterocycles. The number of thioether (sulfide) groups is 1. The summed E-state index contributed by atoms with van der Waals surface area (Å²) in [5.74, 6) is -5.47. The molecule has 1 aromatic heterocycles. The number of anilines is 1. The van der Waals surface area contributed by atoms with Crippen molar-refractivity contribution in [2.75, 3.05) is 17.6 Å². The van der Waals surface area contributed by atoms with Crippen LogP contribution >= 0.6 is 11.8 Å². The van der Waals surface area contributed by atoms with E-state index in [4.69, 9.17) is 5.73 Å². The normalized spacial score (nSPS) is 13.1. The lowest BCUT2D eigenvalue weighted by atomic mass is 10.2. The number of primary amides is 1. The van der Waals surface area contributed by atoms with Crippen molar-refractivity contribution < 1.29 is 27.6 Å². The summed E-state index contributed by atoms with van der Waals surface area (Å²) in [5, 5.41) is 13.0. The molecule has 9 nitrogen and oxygen atoms in total. The largest absolute Gasteiger partial charge is 0.370 e. The molecule has 2 aromatic rings. The van der Waals surface area contributed by atoms with Crippen molar-refractivity contribution in [3.05, 3.63) is 35.4 Å². The molecule has 13 heteroatoms. The number of carbonyl (C=O) groups excluding carboxylic acids is 3. The molecule has 0 radical (unpaired) electrons. The molecule has 0 unspecified atom stereocenters. The Morgan fingerprint density at radius 1 is 1.13 bits per heavy atom. The first kappa shape index (κ1) is 22.6. The van der Waals surface area contributed by atoms with E-state index in [-0.39, 0.29) is 18.1 Å². The Kier molecular flexibility index (Phi) is 7.15. The minimum atomic E-state index is -1.70. The first-order valence-corrected chi connectivity index (χ1v) is 10.3. The smallest absolute Gasteiger partial charge is 0.243 e. The summed E-state index contributed by atoms with van der Waals surface area (Å²) in [4.78, 5) is 35.0. The van der Waals surface area contributed by atoms with E-state index in [2.05, 4.69) is 20.8 Å². The van der Waals surface area contributed by atoms with Crippen molar-refractivity contribution >= 4 is 35.2 Å². The fourth-order valence-electron chi connectivity index (χ4n) is 2.66. The highest BCUT2D eigenvalue weighted by molar-refractivity contribution is 7.99. The molecule has 1 fully saturated rings. The number of benzene rings is 1. The summed E-state index contributed by atoms with van der Waals surface area (Å²) in [6, 6.07) is 1.55. The van der Waals surface area contributed by atoms with Crippen LogP contribution in [0.25, 0.3) is 0 Å². The Morgan fingerprint density at radius 3 is 2.55 bits per heavy atom. The van der Waals surface area contributed by atoms with Gasteiger partial charge in [-0.3, -0.25) is 14.4 Å². The summed E-state index contributed by atoms with van der Waals surface area (Å²) in [6.45, 7) is -0.195. The summed E-state index contributed by atoms with van der Waals surface area (Å²) in [7, 11) is 0. The molecular weight excluding hydrogens is 437 g/mol. The average Bonchev–Trinajstić information content (AvgIpc) is 3.49. The highest BCUT2D eigenvalue weighted by atomic mass is 32.2. The van der Waals surface area contributed by atoms with E-state index in [0.717, 1.165) is 36.5 Å². The minimum absolute atomic E-state index is 0.0911. The molecule has 0 saturated heterocycles. The van der Waals surface area contributed by atoms with Crippen LogP contribution in [0.1, 0.15) is 31.0 Å². The van der Waals surface area contributed by atoms with Crippen molar-refractivity contribution in [3.8, 4) is 0 Å². The van der Waals surface area contributed by atoms with Gasteiger partial charge in [0.2, 0.25) is 17.7 Å². The Morgan fingerprint density at radius 2 is 1.87 bits per heavy atom. The van der Waals surface area contributed by atoms with Gasteiger partial charge < -0.3 is 20.9 Å². The van der Waals surface area contributed by atoms with E-state index in [0.29, 0.717) is 17.8 Å². The lowest BCUT2D eigenvalue weighted by Gasteiger charge is -2.09. The molecular formula is C18H19F3N6O3S. The molecule has 3 rings (SSSR count). The molecule has 1 aliphatic rings. The van der Waals surface area contributed by atoms with Crippen LogP contribution in [0.4, 0.5) is 18.9 Å². The molecule has 3 amide bonds. The number of nitrogens with one attached hydrogen (secondary N) is 2. The zero-order chi connectivity index (χ0) is 22.5. The van der Waals surface area contributed by atoms with Crippen LogP contribution in [0.3, 0.4) is 0 Å². The van der Waals surface area contributed by atoms with E-state index in [1.54, 1.807) is 4.57 Å². The van der Waals surface area contributed by atoms with Crippen molar-refractivity contribution in [2.45, 2.75) is 36.9 Å². The van der Waals surface area contributed by atoms with Gasteiger partial charge in [-0.2, -0.15) is 0 Å². The summed E-state index contributed by atoms with van der Waals surface area (Å²) in [5.41, 5.74) is 4.67. The highest BCUT2D eigenvalue weighted by Crippen LogP contribution is 2.40. The van der Waals surface area contributed by atoms with Crippen molar-refractivity contribution in [1.29, 1.82) is 0 Å². The standard InChI is InChI=1S/C18H19F3N6O3S/c19-10-3-4-11(16(21)15(10)20)24-13(29)7-23-14(30)8-31-18-26-25-17(9-1-2-9)27(18)6-5-12(22)28/h3-4,9H,1-2,5-8H2,(H2,22,28)(H,23,30)(H,24,29). The van der Waals surface area contributed by atoms with Crippen LogP contribution < -0.4 is 16.4 Å². The molecule has 31 heavy (non-hydrogen) atoms. The fourth-order valence-corrected chi connectivity index (χ4v) is 3.46. The van der Waals surface area contributed by atoms with Gasteiger partial charge in [-0.05, 0) is 25.0 Å². The maximum Gasteiger partial charge on any atom is 0.243 e. The van der Waals surface area contributed by atoms with Gasteiger partial charge in [0.1, 0.15) is 5.82 Å². The van der Waals surface area contributed by atoms with Gasteiger partial charge in [0.05, 0.1) is 18.0 Å². The molecule has 166 valence electrons. The van der Waals surface area contributed by atoms with Gasteiger partial charge in [-0.15, -0.1) is 10.2 Å². The molecule has 1 saturated carbocycles. The SMILES string of the molecule is NC(=O)CCn1c(SCC(=O)NCC(=O)Nc2ccc(F)c(F)c2F)nnc1C1CC1. The van der Waals surface area contributed by atoms with Crippen molar-refractivity contribution in [1.82, 2.24) is 20.1 Å². The van der Waals surface area contributed by atoms with Crippen molar-refractivity contribution in [2.24, 2.45) is 5.73 Å². The Hall–Kier alpha value is -3.09. The van der Waals surface area contributed by atoms with Crippen LogP contribution in [0.15, 0.2) is 17.3 Å². The van der Waals surface area contributed by atoms with Crippen molar-refractivity contribution in [3.63, 3.8) is 0 Å². The number of aromatic nitrogens is 3. The predicted octanol–water partition coefficient (Wildman–Crippen LogP) is 1.30.